The van der Waals surface area contributed by atoms with Crippen molar-refractivity contribution >= 4 is 28.8 Å². The highest BCUT2D eigenvalue weighted by atomic mass is 35.5. The molecule has 122 valence electrons. The minimum atomic E-state index is -1.12. The lowest BCUT2D eigenvalue weighted by molar-refractivity contribution is -0.131. The van der Waals surface area contributed by atoms with Crippen molar-refractivity contribution in [3.63, 3.8) is 0 Å². The highest BCUT2D eigenvalue weighted by molar-refractivity contribution is 7.16. The van der Waals surface area contributed by atoms with E-state index in [1.165, 1.54) is 10.4 Å². The Morgan fingerprint density at radius 2 is 2.50 bits per heavy atom. The summed E-state index contributed by atoms with van der Waals surface area (Å²) in [6.07, 6.45) is 1.48. The maximum atomic E-state index is 11.0. The van der Waals surface area contributed by atoms with Crippen LogP contribution in [0.25, 0.3) is 0 Å². The SMILES string of the molecule is C[C@H]1C[C@@]2(CCN1CC(O)C(N)=O)OCCc1sc(Cl)cc12. The number of fused-ring (bicyclic) bond motifs is 2. The summed E-state index contributed by atoms with van der Waals surface area (Å²) >= 11 is 7.84. The van der Waals surface area contributed by atoms with Crippen LogP contribution in [0.1, 0.15) is 30.2 Å². The molecule has 3 heterocycles. The van der Waals surface area contributed by atoms with Crippen LogP contribution in [0, 0.1) is 0 Å². The first-order chi connectivity index (χ1) is 10.4. The smallest absolute Gasteiger partial charge is 0.247 e. The van der Waals surface area contributed by atoms with Gasteiger partial charge in [-0.3, -0.25) is 9.69 Å². The molecule has 3 N–H and O–H groups in total. The van der Waals surface area contributed by atoms with Crippen molar-refractivity contribution in [2.45, 2.75) is 43.9 Å². The molecular weight excluding hydrogens is 324 g/mol. The minimum absolute atomic E-state index is 0.201. The zero-order chi connectivity index (χ0) is 15.9. The number of amides is 1. The number of nitrogens with zero attached hydrogens (tertiary/aromatic N) is 1. The average Bonchev–Trinajstić information content (AvgIpc) is 2.84. The quantitative estimate of drug-likeness (QED) is 0.871. The zero-order valence-corrected chi connectivity index (χ0v) is 14.1. The van der Waals surface area contributed by atoms with E-state index >= 15 is 0 Å². The van der Waals surface area contributed by atoms with E-state index in [2.05, 4.69) is 11.8 Å². The van der Waals surface area contributed by atoms with Gasteiger partial charge in [-0.15, -0.1) is 11.3 Å². The van der Waals surface area contributed by atoms with Gasteiger partial charge in [0.1, 0.15) is 6.10 Å². The summed E-state index contributed by atoms with van der Waals surface area (Å²) in [7, 11) is 0. The Kier molecular flexibility index (Phi) is 4.49. The predicted octanol–water partition coefficient (Wildman–Crippen LogP) is 1.50. The number of nitrogens with two attached hydrogens (primary N) is 1. The Labute approximate surface area is 139 Å². The summed E-state index contributed by atoms with van der Waals surface area (Å²) in [6.45, 7) is 3.86. The number of halogens is 1. The highest BCUT2D eigenvalue weighted by Gasteiger charge is 2.44. The molecule has 1 fully saturated rings. The molecule has 0 aromatic carbocycles. The molecule has 2 aliphatic rings. The Balaban J connectivity index is 1.76. The molecule has 3 atom stereocenters. The lowest BCUT2D eigenvalue weighted by Gasteiger charge is -2.47. The van der Waals surface area contributed by atoms with Gasteiger partial charge in [-0.25, -0.2) is 0 Å². The van der Waals surface area contributed by atoms with Gasteiger partial charge >= 0.3 is 0 Å². The number of thiophene rings is 1. The number of ether oxygens (including phenoxy) is 1. The van der Waals surface area contributed by atoms with Crippen LogP contribution in [0.5, 0.6) is 0 Å². The summed E-state index contributed by atoms with van der Waals surface area (Å²) in [5, 5.41) is 9.70. The Hall–Kier alpha value is -0.660. The van der Waals surface area contributed by atoms with Gasteiger partial charge in [0.25, 0.3) is 0 Å². The van der Waals surface area contributed by atoms with Gasteiger partial charge in [-0.2, -0.15) is 0 Å². The van der Waals surface area contributed by atoms with Crippen molar-refractivity contribution in [2.24, 2.45) is 5.73 Å². The largest absolute Gasteiger partial charge is 0.382 e. The molecule has 0 radical (unpaired) electrons. The summed E-state index contributed by atoms with van der Waals surface area (Å²) in [6, 6.07) is 2.24. The number of hydrogen-bond acceptors (Lipinski definition) is 5. The Bertz CT molecular complexity index is 579. The van der Waals surface area contributed by atoms with E-state index < -0.39 is 12.0 Å². The number of rotatable bonds is 3. The molecule has 1 unspecified atom stereocenters. The van der Waals surface area contributed by atoms with E-state index in [1.54, 1.807) is 11.3 Å². The Morgan fingerprint density at radius 1 is 1.73 bits per heavy atom. The number of piperidine rings is 1. The Morgan fingerprint density at radius 3 is 3.18 bits per heavy atom. The van der Waals surface area contributed by atoms with E-state index in [0.717, 1.165) is 36.8 Å². The molecule has 1 amide bonds. The average molecular weight is 345 g/mol. The number of likely N-dealkylation sites (tertiary alicyclic amines) is 1. The van der Waals surface area contributed by atoms with E-state index in [4.69, 9.17) is 22.1 Å². The molecule has 1 saturated heterocycles. The predicted molar refractivity (Wildman–Crippen MR) is 86.1 cm³/mol. The highest BCUT2D eigenvalue weighted by Crippen LogP contribution is 2.46. The number of carbonyl (C=O) groups is 1. The van der Waals surface area contributed by atoms with Crippen molar-refractivity contribution in [2.75, 3.05) is 19.7 Å². The molecule has 0 saturated carbocycles. The number of primary amides is 1. The normalized spacial score (nSPS) is 30.2. The third-order valence-electron chi connectivity index (χ3n) is 4.76. The molecule has 0 bridgehead atoms. The molecule has 7 heteroatoms. The maximum absolute atomic E-state index is 11.0. The van der Waals surface area contributed by atoms with Crippen molar-refractivity contribution in [3.05, 3.63) is 20.8 Å². The second-order valence-corrected chi connectivity index (χ2v) is 7.96. The van der Waals surface area contributed by atoms with Crippen molar-refractivity contribution < 1.29 is 14.6 Å². The summed E-state index contributed by atoms with van der Waals surface area (Å²) in [5.74, 6) is -0.673. The van der Waals surface area contributed by atoms with Crippen molar-refractivity contribution in [1.82, 2.24) is 4.90 Å². The van der Waals surface area contributed by atoms with Gasteiger partial charge in [0.2, 0.25) is 5.91 Å². The third-order valence-corrected chi connectivity index (χ3v) is 6.09. The first-order valence-corrected chi connectivity index (χ1v) is 8.75. The molecule has 1 aromatic rings. The number of aliphatic hydroxyl groups is 1. The van der Waals surface area contributed by atoms with Crippen LogP contribution < -0.4 is 5.73 Å². The zero-order valence-electron chi connectivity index (χ0n) is 12.5. The fourth-order valence-corrected chi connectivity index (χ4v) is 4.94. The van der Waals surface area contributed by atoms with E-state index in [-0.39, 0.29) is 18.2 Å². The molecular formula is C15H21ClN2O3S. The second kappa shape index (κ2) is 6.09. The van der Waals surface area contributed by atoms with Gasteiger partial charge in [0, 0.05) is 30.4 Å². The maximum Gasteiger partial charge on any atom is 0.247 e. The second-order valence-electron chi connectivity index (χ2n) is 6.20. The first-order valence-electron chi connectivity index (χ1n) is 7.55. The lowest BCUT2D eigenvalue weighted by Crippen LogP contribution is -2.53. The van der Waals surface area contributed by atoms with E-state index in [9.17, 15) is 9.90 Å². The molecule has 1 aromatic heterocycles. The first kappa shape index (κ1) is 16.2. The number of hydrogen-bond donors (Lipinski definition) is 2. The van der Waals surface area contributed by atoms with Crippen LogP contribution in [0.3, 0.4) is 0 Å². The van der Waals surface area contributed by atoms with Gasteiger partial charge < -0.3 is 15.6 Å². The van der Waals surface area contributed by atoms with Crippen LogP contribution in [0.4, 0.5) is 0 Å². The number of β-amino-alcohol motifs (C(OH)–C–C–N with tert-alkyl or cyclic N) is 1. The fourth-order valence-electron chi connectivity index (χ4n) is 3.60. The van der Waals surface area contributed by atoms with Crippen LogP contribution in [0.15, 0.2) is 6.07 Å². The van der Waals surface area contributed by atoms with Crippen LogP contribution >= 0.6 is 22.9 Å². The van der Waals surface area contributed by atoms with Crippen molar-refractivity contribution in [3.8, 4) is 0 Å². The standard InChI is InChI=1S/C15H21ClN2O3S/c1-9-7-15(3-4-18(9)8-11(19)14(17)20)10-6-13(16)22-12(10)2-5-21-15/h6,9,11,19H,2-5,7-8H2,1H3,(H2,17,20)/t9-,11?,15+/m0/s1. The summed E-state index contributed by atoms with van der Waals surface area (Å²) in [4.78, 5) is 14.5. The van der Waals surface area contributed by atoms with Crippen molar-refractivity contribution in [1.29, 1.82) is 0 Å². The van der Waals surface area contributed by atoms with Gasteiger partial charge in [0.15, 0.2) is 0 Å². The molecule has 22 heavy (non-hydrogen) atoms. The minimum Gasteiger partial charge on any atom is -0.382 e. The summed E-state index contributed by atoms with van der Waals surface area (Å²) < 4.78 is 7.00. The van der Waals surface area contributed by atoms with Gasteiger partial charge in [-0.05, 0) is 31.4 Å². The summed E-state index contributed by atoms with van der Waals surface area (Å²) in [5.41, 5.74) is 6.11. The van der Waals surface area contributed by atoms with Crippen LogP contribution in [-0.2, 0) is 21.6 Å². The molecule has 3 rings (SSSR count). The van der Waals surface area contributed by atoms with E-state index in [0.29, 0.717) is 0 Å². The monoisotopic (exact) mass is 344 g/mol. The number of aliphatic hydroxyl groups excluding tert-OH is 1. The van der Waals surface area contributed by atoms with Gasteiger partial charge in [-0.1, -0.05) is 11.6 Å². The van der Waals surface area contributed by atoms with E-state index in [1.807, 2.05) is 6.07 Å². The topological polar surface area (TPSA) is 75.8 Å². The molecule has 1 spiro atoms. The molecule has 2 aliphatic heterocycles. The fraction of sp³-hybridized carbons (Fsp3) is 0.667. The van der Waals surface area contributed by atoms with Gasteiger partial charge in [0.05, 0.1) is 16.5 Å². The lowest BCUT2D eigenvalue weighted by atomic mass is 9.79. The molecule has 0 aliphatic carbocycles. The molecule has 5 nitrogen and oxygen atoms in total. The van der Waals surface area contributed by atoms with Crippen LogP contribution in [0.2, 0.25) is 4.34 Å². The van der Waals surface area contributed by atoms with Crippen LogP contribution in [-0.4, -0.2) is 47.8 Å². The third kappa shape index (κ3) is 2.90. The number of carbonyl (C=O) groups excluding carboxylic acids is 1.